The summed E-state index contributed by atoms with van der Waals surface area (Å²) in [5.41, 5.74) is 0.786. The van der Waals surface area contributed by atoms with Crippen LogP contribution in [0.2, 0.25) is 20.1 Å². The number of hydrogen-bond acceptors (Lipinski definition) is 3. The predicted molar refractivity (Wildman–Crippen MR) is 97.9 cm³/mol. The lowest BCUT2D eigenvalue weighted by Crippen LogP contribution is -2.37. The van der Waals surface area contributed by atoms with E-state index in [0.717, 1.165) is 0 Å². The third-order valence-corrected chi connectivity index (χ3v) is 4.69. The molecule has 1 unspecified atom stereocenters. The van der Waals surface area contributed by atoms with Crippen LogP contribution in [0.4, 0.5) is 5.69 Å². The Hall–Kier alpha value is -1.66. The van der Waals surface area contributed by atoms with Crippen LogP contribution >= 0.6 is 46.4 Å². The van der Waals surface area contributed by atoms with E-state index in [1.165, 1.54) is 18.2 Å². The Morgan fingerprint density at radius 3 is 2.56 bits per heavy atom. The quantitative estimate of drug-likeness (QED) is 0.753. The molecule has 2 amide bonds. The van der Waals surface area contributed by atoms with Crippen molar-refractivity contribution in [2.24, 2.45) is 0 Å². The molecule has 25 heavy (non-hydrogen) atoms. The maximum Gasteiger partial charge on any atom is 0.258 e. The van der Waals surface area contributed by atoms with Crippen LogP contribution < -0.4 is 15.4 Å². The fraction of sp³-hybridized carbons (Fsp3) is 0.125. The van der Waals surface area contributed by atoms with Crippen molar-refractivity contribution < 1.29 is 14.3 Å². The van der Waals surface area contributed by atoms with Gasteiger partial charge in [0.25, 0.3) is 11.8 Å². The van der Waals surface area contributed by atoms with Crippen molar-refractivity contribution >= 4 is 63.9 Å². The average Bonchev–Trinajstić information content (AvgIpc) is 2.70. The van der Waals surface area contributed by atoms with Gasteiger partial charge in [-0.15, -0.1) is 0 Å². The molecule has 0 radical (unpaired) electrons. The zero-order valence-electron chi connectivity index (χ0n) is 12.4. The van der Waals surface area contributed by atoms with Gasteiger partial charge in [-0.1, -0.05) is 46.4 Å². The first-order valence-corrected chi connectivity index (χ1v) is 8.53. The lowest BCUT2D eigenvalue weighted by Gasteiger charge is -2.18. The minimum absolute atomic E-state index is 0.214. The summed E-state index contributed by atoms with van der Waals surface area (Å²) in [6, 6.07) is 6.61. The van der Waals surface area contributed by atoms with Gasteiger partial charge in [0.05, 0.1) is 15.1 Å². The molecule has 130 valence electrons. The van der Waals surface area contributed by atoms with E-state index in [4.69, 9.17) is 51.1 Å². The van der Waals surface area contributed by atoms with E-state index in [9.17, 15) is 9.59 Å². The first-order chi connectivity index (χ1) is 11.8. The van der Waals surface area contributed by atoms with Crippen LogP contribution in [0.1, 0.15) is 11.6 Å². The van der Waals surface area contributed by atoms with Crippen LogP contribution in [0.25, 0.3) is 0 Å². The maximum absolute atomic E-state index is 12.7. The zero-order valence-corrected chi connectivity index (χ0v) is 15.4. The number of amides is 2. The summed E-state index contributed by atoms with van der Waals surface area (Å²) in [6.45, 7) is -0.259. The van der Waals surface area contributed by atoms with Gasteiger partial charge in [-0.2, -0.15) is 0 Å². The van der Waals surface area contributed by atoms with Gasteiger partial charge in [0.2, 0.25) is 0 Å². The molecule has 0 bridgehead atoms. The molecule has 2 aromatic carbocycles. The number of benzene rings is 2. The molecule has 1 aliphatic heterocycles. The standard InChI is InChI=1S/C16H10Cl4N2O3/c17-7-3-9-14(22-13(23)6-25-15(9)12(20)4-7)16(24)21-8-1-2-10(18)11(19)5-8/h1-5,14H,6H2,(H,21,24)(H,22,23). The second-order valence-electron chi connectivity index (χ2n) is 5.21. The Balaban J connectivity index is 1.95. The van der Waals surface area contributed by atoms with Crippen LogP contribution in [-0.4, -0.2) is 18.4 Å². The SMILES string of the molecule is O=C1COc2c(Cl)cc(Cl)cc2C(C(=O)Nc2ccc(Cl)c(Cl)c2)N1. The minimum Gasteiger partial charge on any atom is -0.482 e. The number of rotatable bonds is 2. The molecular weight excluding hydrogens is 410 g/mol. The molecule has 2 aromatic rings. The molecule has 2 N–H and O–H groups in total. The van der Waals surface area contributed by atoms with E-state index in [-0.39, 0.29) is 17.4 Å². The number of nitrogens with one attached hydrogen (secondary N) is 2. The molecule has 0 saturated heterocycles. The van der Waals surface area contributed by atoms with Crippen molar-refractivity contribution in [2.75, 3.05) is 11.9 Å². The predicted octanol–water partition coefficient (Wildman–Crippen LogP) is 4.49. The number of ether oxygens (including phenoxy) is 1. The highest BCUT2D eigenvalue weighted by molar-refractivity contribution is 6.42. The zero-order chi connectivity index (χ0) is 18.1. The fourth-order valence-electron chi connectivity index (χ4n) is 2.36. The number of hydrogen-bond donors (Lipinski definition) is 2. The van der Waals surface area contributed by atoms with Crippen molar-refractivity contribution in [2.45, 2.75) is 6.04 Å². The summed E-state index contributed by atoms with van der Waals surface area (Å²) < 4.78 is 5.39. The van der Waals surface area contributed by atoms with Gasteiger partial charge in [0.1, 0.15) is 11.8 Å². The fourth-order valence-corrected chi connectivity index (χ4v) is 3.22. The Labute approximate surface area is 163 Å². The molecule has 9 heteroatoms. The molecule has 0 aliphatic carbocycles. The first kappa shape index (κ1) is 18.1. The van der Waals surface area contributed by atoms with Gasteiger partial charge < -0.3 is 15.4 Å². The van der Waals surface area contributed by atoms with Crippen molar-refractivity contribution in [1.29, 1.82) is 0 Å². The molecule has 5 nitrogen and oxygen atoms in total. The van der Waals surface area contributed by atoms with Crippen molar-refractivity contribution in [3.63, 3.8) is 0 Å². The lowest BCUT2D eigenvalue weighted by molar-refractivity contribution is -0.127. The summed E-state index contributed by atoms with van der Waals surface area (Å²) in [5, 5.41) is 6.43. The Kier molecular flexibility index (Phi) is 5.29. The Morgan fingerprint density at radius 1 is 1.08 bits per heavy atom. The molecule has 3 rings (SSSR count). The highest BCUT2D eigenvalue weighted by Crippen LogP contribution is 2.37. The van der Waals surface area contributed by atoms with Crippen molar-refractivity contribution in [3.8, 4) is 5.75 Å². The van der Waals surface area contributed by atoms with E-state index in [1.807, 2.05) is 0 Å². The van der Waals surface area contributed by atoms with Gasteiger partial charge in [-0.25, -0.2) is 0 Å². The summed E-state index contributed by atoms with van der Waals surface area (Å²) >= 11 is 24.0. The average molecular weight is 420 g/mol. The van der Waals surface area contributed by atoms with E-state index in [2.05, 4.69) is 10.6 Å². The Bertz CT molecular complexity index is 873. The summed E-state index contributed by atoms with van der Waals surface area (Å²) in [4.78, 5) is 24.6. The third kappa shape index (κ3) is 3.96. The maximum atomic E-state index is 12.7. The van der Waals surface area contributed by atoms with Crippen LogP contribution in [0, 0.1) is 0 Å². The van der Waals surface area contributed by atoms with Gasteiger partial charge in [0, 0.05) is 16.3 Å². The summed E-state index contributed by atoms with van der Waals surface area (Å²) in [5.74, 6) is -0.729. The highest BCUT2D eigenvalue weighted by atomic mass is 35.5. The first-order valence-electron chi connectivity index (χ1n) is 7.02. The van der Waals surface area contributed by atoms with Crippen LogP contribution in [-0.2, 0) is 9.59 Å². The normalized spacial score (nSPS) is 16.3. The molecule has 1 aliphatic rings. The van der Waals surface area contributed by atoms with E-state index in [1.54, 1.807) is 12.1 Å². The van der Waals surface area contributed by atoms with Crippen molar-refractivity contribution in [3.05, 3.63) is 56.0 Å². The van der Waals surface area contributed by atoms with Gasteiger partial charge in [0.15, 0.2) is 6.61 Å². The highest BCUT2D eigenvalue weighted by Gasteiger charge is 2.31. The number of fused-ring (bicyclic) bond motifs is 1. The molecular formula is C16H10Cl4N2O3. The Morgan fingerprint density at radius 2 is 1.84 bits per heavy atom. The molecule has 0 saturated carbocycles. The van der Waals surface area contributed by atoms with Gasteiger partial charge in [-0.05, 0) is 30.3 Å². The van der Waals surface area contributed by atoms with Crippen molar-refractivity contribution in [1.82, 2.24) is 5.32 Å². The number of carbonyl (C=O) groups excluding carboxylic acids is 2. The second-order valence-corrected chi connectivity index (χ2v) is 6.87. The monoisotopic (exact) mass is 418 g/mol. The molecule has 0 fully saturated rings. The van der Waals surface area contributed by atoms with Crippen LogP contribution in [0.5, 0.6) is 5.75 Å². The van der Waals surface area contributed by atoms with E-state index in [0.29, 0.717) is 26.3 Å². The smallest absolute Gasteiger partial charge is 0.258 e. The van der Waals surface area contributed by atoms with Gasteiger partial charge >= 0.3 is 0 Å². The lowest BCUT2D eigenvalue weighted by atomic mass is 10.0. The number of halogens is 4. The largest absolute Gasteiger partial charge is 0.482 e. The summed E-state index contributed by atoms with van der Waals surface area (Å²) in [6.07, 6.45) is 0. The van der Waals surface area contributed by atoms with E-state index >= 15 is 0 Å². The van der Waals surface area contributed by atoms with Crippen LogP contribution in [0.15, 0.2) is 30.3 Å². The van der Waals surface area contributed by atoms with Crippen LogP contribution in [0.3, 0.4) is 0 Å². The van der Waals surface area contributed by atoms with E-state index < -0.39 is 17.9 Å². The molecule has 0 aromatic heterocycles. The number of carbonyl (C=O) groups is 2. The molecule has 1 atom stereocenters. The second kappa shape index (κ2) is 7.30. The topological polar surface area (TPSA) is 67.4 Å². The number of anilines is 1. The molecule has 1 heterocycles. The summed E-state index contributed by atoms with van der Waals surface area (Å²) in [7, 11) is 0. The minimum atomic E-state index is -1.03. The third-order valence-electron chi connectivity index (χ3n) is 3.45. The molecule has 0 spiro atoms. The van der Waals surface area contributed by atoms with Gasteiger partial charge in [-0.3, -0.25) is 9.59 Å².